The Morgan fingerprint density at radius 1 is 1.15 bits per heavy atom. The van der Waals surface area contributed by atoms with Crippen molar-refractivity contribution >= 4 is 22.7 Å². The number of hydrogen-bond donors (Lipinski definition) is 3. The van der Waals surface area contributed by atoms with Crippen LogP contribution in [0.25, 0.3) is 11.0 Å². The van der Waals surface area contributed by atoms with Crippen molar-refractivity contribution in [2.45, 2.75) is 0 Å². The van der Waals surface area contributed by atoms with E-state index in [2.05, 4.69) is 4.74 Å². The molecule has 0 saturated heterocycles. The van der Waals surface area contributed by atoms with Crippen LogP contribution in [0.2, 0.25) is 0 Å². The van der Waals surface area contributed by atoms with E-state index in [4.69, 9.17) is 4.42 Å². The van der Waals surface area contributed by atoms with Crippen LogP contribution in [0.15, 0.2) is 28.7 Å². The fraction of sp³-hybridized carbons (Fsp3) is 0.0769. The molecule has 0 atom stereocenters. The van der Waals surface area contributed by atoms with Gasteiger partial charge in [0.1, 0.15) is 11.1 Å². The van der Waals surface area contributed by atoms with Gasteiger partial charge in [0.2, 0.25) is 0 Å². The van der Waals surface area contributed by atoms with E-state index < -0.39 is 29.2 Å². The lowest BCUT2D eigenvalue weighted by Crippen LogP contribution is -1.98. The second kappa shape index (κ2) is 4.96. The fourth-order valence-corrected chi connectivity index (χ4v) is 1.64. The topological polar surface area (TPSA) is 117 Å². The van der Waals surface area contributed by atoms with Crippen LogP contribution in [0.4, 0.5) is 0 Å². The van der Waals surface area contributed by atoms with Gasteiger partial charge in [-0.25, -0.2) is 4.79 Å². The van der Waals surface area contributed by atoms with Crippen molar-refractivity contribution in [2.24, 2.45) is 0 Å². The molecule has 0 aliphatic carbocycles. The summed E-state index contributed by atoms with van der Waals surface area (Å²) in [4.78, 5) is 22.8. The van der Waals surface area contributed by atoms with Crippen LogP contribution in [0.5, 0.6) is 17.4 Å². The molecular weight excluding hydrogens is 268 g/mol. The number of carbonyl (C=O) groups excluding carboxylic acids is 2. The van der Waals surface area contributed by atoms with Crippen LogP contribution in [-0.4, -0.2) is 34.2 Å². The lowest BCUT2D eigenvalue weighted by Gasteiger charge is -1.97. The van der Waals surface area contributed by atoms with E-state index in [9.17, 15) is 24.9 Å². The fourth-order valence-electron chi connectivity index (χ4n) is 1.64. The Morgan fingerprint density at radius 3 is 2.45 bits per heavy atom. The summed E-state index contributed by atoms with van der Waals surface area (Å²) in [5, 5.41) is 28.4. The number of phenolic OH excluding ortho intramolecular Hbond substituents is 2. The van der Waals surface area contributed by atoms with Crippen molar-refractivity contribution < 1.29 is 34.1 Å². The van der Waals surface area contributed by atoms with Crippen LogP contribution in [0, 0.1) is 0 Å². The monoisotopic (exact) mass is 278 g/mol. The number of furan rings is 1. The second-order valence-corrected chi connectivity index (χ2v) is 3.84. The third kappa shape index (κ3) is 2.28. The molecule has 0 unspecified atom stereocenters. The maximum atomic E-state index is 11.9. The molecule has 2 rings (SSSR count). The zero-order valence-corrected chi connectivity index (χ0v) is 10.3. The van der Waals surface area contributed by atoms with Crippen LogP contribution in [-0.2, 0) is 9.53 Å². The highest BCUT2D eigenvalue weighted by molar-refractivity contribution is 6.16. The van der Waals surface area contributed by atoms with Crippen LogP contribution < -0.4 is 0 Å². The average molecular weight is 278 g/mol. The number of phenols is 2. The molecule has 104 valence electrons. The van der Waals surface area contributed by atoms with Crippen molar-refractivity contribution in [1.29, 1.82) is 0 Å². The highest BCUT2D eigenvalue weighted by Crippen LogP contribution is 2.37. The Morgan fingerprint density at radius 2 is 1.80 bits per heavy atom. The molecule has 1 heterocycles. The first-order chi connectivity index (χ1) is 9.43. The average Bonchev–Trinajstić information content (AvgIpc) is 2.71. The van der Waals surface area contributed by atoms with E-state index in [1.165, 1.54) is 0 Å². The zero-order valence-electron chi connectivity index (χ0n) is 10.3. The summed E-state index contributed by atoms with van der Waals surface area (Å²) in [6.07, 6.45) is 1.79. The number of ketones is 1. The Labute approximate surface area is 112 Å². The SMILES string of the molecule is COC(=O)C=CC(=O)c1c(O)oc2cc(O)c(O)cc12. The number of methoxy groups -OCH3 is 1. The minimum absolute atomic E-state index is 0.0209. The van der Waals surface area contributed by atoms with E-state index in [0.29, 0.717) is 0 Å². The Hall–Kier alpha value is -2.96. The first-order valence-electron chi connectivity index (χ1n) is 5.42. The molecule has 2 aromatic rings. The molecule has 0 amide bonds. The van der Waals surface area contributed by atoms with Gasteiger partial charge < -0.3 is 24.5 Å². The van der Waals surface area contributed by atoms with Gasteiger partial charge in [0.05, 0.1) is 7.11 Å². The van der Waals surface area contributed by atoms with E-state index >= 15 is 0 Å². The van der Waals surface area contributed by atoms with Gasteiger partial charge in [-0.3, -0.25) is 4.79 Å². The largest absolute Gasteiger partial charge is 0.504 e. The predicted molar refractivity (Wildman–Crippen MR) is 66.7 cm³/mol. The highest BCUT2D eigenvalue weighted by atomic mass is 16.5. The summed E-state index contributed by atoms with van der Waals surface area (Å²) in [5.74, 6) is -3.04. The number of benzene rings is 1. The lowest BCUT2D eigenvalue weighted by atomic mass is 10.1. The third-order valence-corrected chi connectivity index (χ3v) is 2.58. The summed E-state index contributed by atoms with van der Waals surface area (Å²) in [5.41, 5.74) is -0.205. The van der Waals surface area contributed by atoms with Crippen LogP contribution in [0.1, 0.15) is 10.4 Å². The number of rotatable bonds is 3. The van der Waals surface area contributed by atoms with Crippen LogP contribution in [0.3, 0.4) is 0 Å². The van der Waals surface area contributed by atoms with Gasteiger partial charge in [0.15, 0.2) is 17.3 Å². The number of hydrogen-bond acceptors (Lipinski definition) is 7. The van der Waals surface area contributed by atoms with Gasteiger partial charge in [0.25, 0.3) is 5.95 Å². The number of fused-ring (bicyclic) bond motifs is 1. The van der Waals surface area contributed by atoms with Crippen molar-refractivity contribution in [3.8, 4) is 17.4 Å². The molecule has 0 spiro atoms. The lowest BCUT2D eigenvalue weighted by molar-refractivity contribution is -0.134. The summed E-state index contributed by atoms with van der Waals surface area (Å²) in [6.45, 7) is 0. The van der Waals surface area contributed by atoms with Gasteiger partial charge in [0, 0.05) is 17.5 Å². The van der Waals surface area contributed by atoms with E-state index in [-0.39, 0.29) is 16.5 Å². The second-order valence-electron chi connectivity index (χ2n) is 3.84. The van der Waals surface area contributed by atoms with E-state index in [0.717, 1.165) is 31.4 Å². The summed E-state index contributed by atoms with van der Waals surface area (Å²) in [7, 11) is 1.16. The zero-order chi connectivity index (χ0) is 14.9. The van der Waals surface area contributed by atoms with Crippen molar-refractivity contribution in [3.05, 3.63) is 29.8 Å². The molecule has 0 bridgehead atoms. The number of allylic oxidation sites excluding steroid dienone is 1. The number of ether oxygens (including phenoxy) is 1. The van der Waals surface area contributed by atoms with E-state index in [1.807, 2.05) is 0 Å². The quantitative estimate of drug-likeness (QED) is 0.336. The van der Waals surface area contributed by atoms with Crippen molar-refractivity contribution in [1.82, 2.24) is 0 Å². The predicted octanol–water partition coefficient (Wildman–Crippen LogP) is 1.46. The molecule has 1 aromatic heterocycles. The molecule has 20 heavy (non-hydrogen) atoms. The van der Waals surface area contributed by atoms with Gasteiger partial charge in [-0.2, -0.15) is 0 Å². The molecule has 0 saturated carbocycles. The molecule has 3 N–H and O–H groups in total. The molecule has 7 heteroatoms. The molecule has 0 radical (unpaired) electrons. The minimum Gasteiger partial charge on any atom is -0.504 e. The molecule has 0 aliphatic heterocycles. The Bertz CT molecular complexity index is 724. The first-order valence-corrected chi connectivity index (χ1v) is 5.42. The summed E-state index contributed by atoms with van der Waals surface area (Å²) < 4.78 is 9.24. The number of aromatic hydroxyl groups is 3. The van der Waals surface area contributed by atoms with Crippen molar-refractivity contribution in [3.63, 3.8) is 0 Å². The molecule has 7 nitrogen and oxygen atoms in total. The smallest absolute Gasteiger partial charge is 0.330 e. The first kappa shape index (κ1) is 13.5. The maximum Gasteiger partial charge on any atom is 0.330 e. The minimum atomic E-state index is -0.730. The maximum absolute atomic E-state index is 11.9. The Kier molecular flexibility index (Phi) is 3.34. The Balaban J connectivity index is 2.51. The van der Waals surface area contributed by atoms with Gasteiger partial charge in [-0.1, -0.05) is 0 Å². The normalized spacial score (nSPS) is 11.1. The summed E-state index contributed by atoms with van der Waals surface area (Å²) in [6, 6.07) is 2.14. The number of esters is 1. The summed E-state index contributed by atoms with van der Waals surface area (Å²) >= 11 is 0. The number of carbonyl (C=O) groups is 2. The molecule has 1 aromatic carbocycles. The van der Waals surface area contributed by atoms with Crippen molar-refractivity contribution in [2.75, 3.05) is 7.11 Å². The molecule has 0 fully saturated rings. The molecular formula is C13H10O7. The van der Waals surface area contributed by atoms with Gasteiger partial charge in [-0.05, 0) is 12.1 Å². The highest BCUT2D eigenvalue weighted by Gasteiger charge is 2.20. The van der Waals surface area contributed by atoms with E-state index in [1.54, 1.807) is 0 Å². The third-order valence-electron chi connectivity index (χ3n) is 2.58. The standard InChI is InChI=1S/C13H10O7/c1-19-11(17)3-2-7(14)12-6-4-8(15)9(16)5-10(6)20-13(12)18/h2-5,15-16,18H,1H3. The van der Waals surface area contributed by atoms with Gasteiger partial charge >= 0.3 is 5.97 Å². The van der Waals surface area contributed by atoms with Gasteiger partial charge in [-0.15, -0.1) is 0 Å². The molecule has 0 aliphatic rings. The van der Waals surface area contributed by atoms with Crippen LogP contribution >= 0.6 is 0 Å².